The van der Waals surface area contributed by atoms with E-state index in [0.717, 1.165) is 10.2 Å². The minimum atomic E-state index is -0.405. The van der Waals surface area contributed by atoms with Gasteiger partial charge < -0.3 is 9.80 Å². The topological polar surface area (TPSA) is 66.7 Å². The van der Waals surface area contributed by atoms with E-state index in [1.807, 2.05) is 29.2 Å². The zero-order valence-corrected chi connectivity index (χ0v) is 14.5. The molecule has 0 bridgehead atoms. The first-order chi connectivity index (χ1) is 11.6. The highest BCUT2D eigenvalue weighted by Crippen LogP contribution is 2.22. The third kappa shape index (κ3) is 3.41. The van der Waals surface area contributed by atoms with E-state index in [9.17, 15) is 14.9 Å². The number of nitro benzene ring substituents is 1. The third-order valence-electron chi connectivity index (χ3n) is 4.10. The van der Waals surface area contributed by atoms with Gasteiger partial charge in [0.1, 0.15) is 0 Å². The van der Waals surface area contributed by atoms with Gasteiger partial charge in [-0.3, -0.25) is 14.9 Å². The summed E-state index contributed by atoms with van der Waals surface area (Å²) in [5.41, 5.74) is 1.69. The maximum Gasteiger partial charge on any atom is 0.269 e. The summed E-state index contributed by atoms with van der Waals surface area (Å²) in [4.78, 5) is 26.9. The summed E-state index contributed by atoms with van der Waals surface area (Å²) in [6.07, 6.45) is 0. The van der Waals surface area contributed by atoms with Crippen LogP contribution in [-0.4, -0.2) is 41.9 Å². The van der Waals surface area contributed by atoms with Crippen molar-refractivity contribution >= 4 is 33.2 Å². The molecule has 24 heavy (non-hydrogen) atoms. The minimum Gasteiger partial charge on any atom is -0.368 e. The fourth-order valence-electron chi connectivity index (χ4n) is 2.76. The van der Waals surface area contributed by atoms with Gasteiger partial charge in [0.25, 0.3) is 11.6 Å². The van der Waals surface area contributed by atoms with Gasteiger partial charge in [0.2, 0.25) is 0 Å². The number of benzene rings is 2. The number of amides is 1. The van der Waals surface area contributed by atoms with E-state index in [-0.39, 0.29) is 11.6 Å². The highest BCUT2D eigenvalue weighted by molar-refractivity contribution is 9.10. The summed E-state index contributed by atoms with van der Waals surface area (Å²) in [6.45, 7) is 2.65. The van der Waals surface area contributed by atoms with Crippen LogP contribution in [0.3, 0.4) is 0 Å². The molecule has 6 nitrogen and oxygen atoms in total. The molecule has 1 aliphatic heterocycles. The molecule has 0 aliphatic carbocycles. The predicted octanol–water partition coefficient (Wildman–Crippen LogP) is 3.32. The van der Waals surface area contributed by atoms with Crippen LogP contribution in [0, 0.1) is 10.1 Å². The summed E-state index contributed by atoms with van der Waals surface area (Å²) >= 11 is 3.42. The first-order valence-corrected chi connectivity index (χ1v) is 8.39. The zero-order chi connectivity index (χ0) is 17.1. The first kappa shape index (κ1) is 16.4. The van der Waals surface area contributed by atoms with Crippen molar-refractivity contribution in [2.24, 2.45) is 0 Å². The quantitative estimate of drug-likeness (QED) is 0.596. The highest BCUT2D eigenvalue weighted by Gasteiger charge is 2.23. The summed E-state index contributed by atoms with van der Waals surface area (Å²) in [7, 11) is 0. The number of halogens is 1. The van der Waals surface area contributed by atoms with Crippen molar-refractivity contribution in [3.8, 4) is 0 Å². The van der Waals surface area contributed by atoms with Gasteiger partial charge in [-0.15, -0.1) is 0 Å². The molecule has 0 spiro atoms. The average Bonchev–Trinajstić information content (AvgIpc) is 2.62. The Bertz CT molecular complexity index is 756. The minimum absolute atomic E-state index is 0.0193. The summed E-state index contributed by atoms with van der Waals surface area (Å²) in [6, 6.07) is 13.9. The van der Waals surface area contributed by atoms with E-state index in [2.05, 4.69) is 20.8 Å². The van der Waals surface area contributed by atoms with Gasteiger partial charge in [-0.25, -0.2) is 0 Å². The van der Waals surface area contributed by atoms with E-state index in [1.54, 1.807) is 12.1 Å². The van der Waals surface area contributed by atoms with E-state index in [4.69, 9.17) is 0 Å². The fraction of sp³-hybridized carbons (Fsp3) is 0.235. The number of carbonyl (C=O) groups is 1. The third-order valence-corrected chi connectivity index (χ3v) is 4.79. The number of carbonyl (C=O) groups excluding carboxylic acids is 1. The Morgan fingerprint density at radius 3 is 2.21 bits per heavy atom. The van der Waals surface area contributed by atoms with Crippen molar-refractivity contribution in [2.75, 3.05) is 31.1 Å². The van der Waals surface area contributed by atoms with Crippen LogP contribution in [0.1, 0.15) is 10.4 Å². The maximum atomic E-state index is 12.6. The van der Waals surface area contributed by atoms with Gasteiger partial charge in [0.15, 0.2) is 0 Å². The summed E-state index contributed by atoms with van der Waals surface area (Å²) < 4.78 is 0.799. The van der Waals surface area contributed by atoms with Gasteiger partial charge in [-0.1, -0.05) is 12.1 Å². The normalized spacial score (nSPS) is 14.5. The van der Waals surface area contributed by atoms with Gasteiger partial charge in [0, 0.05) is 48.5 Å². The molecular weight excluding hydrogens is 374 g/mol. The van der Waals surface area contributed by atoms with Crippen LogP contribution in [0.25, 0.3) is 0 Å². The lowest BCUT2D eigenvalue weighted by atomic mass is 10.1. The van der Waals surface area contributed by atoms with Crippen LogP contribution >= 0.6 is 15.9 Å². The van der Waals surface area contributed by atoms with Crippen LogP contribution in [-0.2, 0) is 0 Å². The summed E-state index contributed by atoms with van der Waals surface area (Å²) in [5, 5.41) is 10.7. The van der Waals surface area contributed by atoms with E-state index < -0.39 is 4.92 Å². The number of piperazine rings is 1. The SMILES string of the molecule is O=C(c1ccccc1Br)N1CCN(c2ccc([N+](=O)[O-])cc2)CC1. The lowest BCUT2D eigenvalue weighted by Crippen LogP contribution is -2.48. The van der Waals surface area contributed by atoms with Crippen molar-refractivity contribution in [1.29, 1.82) is 0 Å². The van der Waals surface area contributed by atoms with Crippen LogP contribution in [0.15, 0.2) is 53.0 Å². The van der Waals surface area contributed by atoms with Gasteiger partial charge in [-0.05, 0) is 40.2 Å². The van der Waals surface area contributed by atoms with Crippen molar-refractivity contribution in [3.63, 3.8) is 0 Å². The molecule has 1 heterocycles. The molecule has 1 fully saturated rings. The lowest BCUT2D eigenvalue weighted by molar-refractivity contribution is -0.384. The van der Waals surface area contributed by atoms with E-state index >= 15 is 0 Å². The lowest BCUT2D eigenvalue weighted by Gasteiger charge is -2.36. The van der Waals surface area contributed by atoms with Gasteiger partial charge in [0.05, 0.1) is 10.5 Å². The molecule has 0 unspecified atom stereocenters. The van der Waals surface area contributed by atoms with Crippen LogP contribution < -0.4 is 4.90 Å². The van der Waals surface area contributed by atoms with Gasteiger partial charge >= 0.3 is 0 Å². The van der Waals surface area contributed by atoms with Crippen molar-refractivity contribution in [2.45, 2.75) is 0 Å². The second-order valence-corrected chi connectivity index (χ2v) is 6.39. The second kappa shape index (κ2) is 7.00. The molecule has 0 atom stereocenters. The molecule has 0 saturated carbocycles. The van der Waals surface area contributed by atoms with Crippen LogP contribution in [0.5, 0.6) is 0 Å². The largest absolute Gasteiger partial charge is 0.368 e. The highest BCUT2D eigenvalue weighted by atomic mass is 79.9. The molecule has 2 aromatic carbocycles. The molecule has 1 aliphatic rings. The Labute approximate surface area is 148 Å². The number of nitro groups is 1. The fourth-order valence-corrected chi connectivity index (χ4v) is 3.21. The molecule has 7 heteroatoms. The Hall–Kier alpha value is -2.41. The molecule has 0 N–H and O–H groups in total. The van der Waals surface area contributed by atoms with Crippen molar-refractivity contribution < 1.29 is 9.72 Å². The molecular formula is C17H16BrN3O3. The number of rotatable bonds is 3. The Balaban J connectivity index is 1.64. The number of non-ortho nitro benzene ring substituents is 1. The van der Waals surface area contributed by atoms with Crippen LogP contribution in [0.4, 0.5) is 11.4 Å². The van der Waals surface area contributed by atoms with E-state index in [0.29, 0.717) is 31.7 Å². The van der Waals surface area contributed by atoms with Crippen molar-refractivity contribution in [3.05, 3.63) is 68.7 Å². The van der Waals surface area contributed by atoms with Crippen molar-refractivity contribution in [1.82, 2.24) is 4.90 Å². The monoisotopic (exact) mass is 389 g/mol. The average molecular weight is 390 g/mol. The zero-order valence-electron chi connectivity index (χ0n) is 12.9. The smallest absolute Gasteiger partial charge is 0.269 e. The first-order valence-electron chi connectivity index (χ1n) is 7.59. The molecule has 1 saturated heterocycles. The predicted molar refractivity (Wildman–Crippen MR) is 95.4 cm³/mol. The Morgan fingerprint density at radius 1 is 1.00 bits per heavy atom. The van der Waals surface area contributed by atoms with E-state index in [1.165, 1.54) is 12.1 Å². The standard InChI is InChI=1S/C17H16BrN3O3/c18-16-4-2-1-3-15(16)17(22)20-11-9-19(10-12-20)13-5-7-14(8-6-13)21(23)24/h1-8H,9-12H2. The maximum absolute atomic E-state index is 12.6. The second-order valence-electron chi connectivity index (χ2n) is 5.53. The van der Waals surface area contributed by atoms with Gasteiger partial charge in [-0.2, -0.15) is 0 Å². The number of hydrogen-bond acceptors (Lipinski definition) is 4. The molecule has 124 valence electrons. The molecule has 3 rings (SSSR count). The molecule has 2 aromatic rings. The Morgan fingerprint density at radius 2 is 1.62 bits per heavy atom. The van der Waals surface area contributed by atoms with Crippen LogP contribution in [0.2, 0.25) is 0 Å². The molecule has 0 radical (unpaired) electrons. The molecule has 0 aromatic heterocycles. The Kier molecular flexibility index (Phi) is 4.80. The summed E-state index contributed by atoms with van der Waals surface area (Å²) in [5.74, 6) is 0.0193. The molecule has 1 amide bonds. The number of hydrogen-bond donors (Lipinski definition) is 0. The number of anilines is 1. The number of nitrogens with zero attached hydrogens (tertiary/aromatic N) is 3.